The molecule has 2 amide bonds. The molecule has 0 aromatic heterocycles. The van der Waals surface area contributed by atoms with Gasteiger partial charge in [0.05, 0.1) is 0 Å². The van der Waals surface area contributed by atoms with E-state index in [1.807, 2.05) is 0 Å². The monoisotopic (exact) mass is 253 g/mol. The minimum Gasteiger partial charge on any atom is -0.335 e. The number of carbonyl (C=O) groups excluding carboxylic acids is 1. The van der Waals surface area contributed by atoms with Crippen molar-refractivity contribution >= 4 is 6.03 Å². The van der Waals surface area contributed by atoms with Gasteiger partial charge < -0.3 is 16.0 Å². The Kier molecular flexibility index (Phi) is 5.29. The number of hydrogen-bond acceptors (Lipinski definition) is 2. The summed E-state index contributed by atoms with van der Waals surface area (Å²) in [6.07, 6.45) is 9.82. The van der Waals surface area contributed by atoms with E-state index in [0.29, 0.717) is 12.1 Å². The van der Waals surface area contributed by atoms with E-state index < -0.39 is 0 Å². The molecular formula is C14H27N3O. The first-order valence-corrected chi connectivity index (χ1v) is 7.56. The molecule has 4 nitrogen and oxygen atoms in total. The molecule has 1 aliphatic carbocycles. The molecule has 2 unspecified atom stereocenters. The zero-order valence-corrected chi connectivity index (χ0v) is 11.5. The van der Waals surface area contributed by atoms with Crippen LogP contribution in [0.5, 0.6) is 0 Å². The van der Waals surface area contributed by atoms with Gasteiger partial charge in [-0.3, -0.25) is 0 Å². The number of nitrogens with one attached hydrogen (secondary N) is 3. The lowest BCUT2D eigenvalue weighted by atomic mass is 9.95. The van der Waals surface area contributed by atoms with Gasteiger partial charge in [0.2, 0.25) is 0 Å². The van der Waals surface area contributed by atoms with Crippen LogP contribution in [-0.2, 0) is 0 Å². The van der Waals surface area contributed by atoms with Gasteiger partial charge in [-0.1, -0.05) is 25.7 Å². The molecule has 2 fully saturated rings. The molecule has 0 aromatic rings. The fraction of sp³-hybridized carbons (Fsp3) is 0.929. The van der Waals surface area contributed by atoms with E-state index in [4.69, 9.17) is 0 Å². The van der Waals surface area contributed by atoms with Gasteiger partial charge in [-0.2, -0.15) is 0 Å². The van der Waals surface area contributed by atoms with E-state index in [1.54, 1.807) is 0 Å². The average Bonchev–Trinajstić information content (AvgIpc) is 2.40. The largest absolute Gasteiger partial charge is 0.335 e. The smallest absolute Gasteiger partial charge is 0.315 e. The van der Waals surface area contributed by atoms with Gasteiger partial charge in [0, 0.05) is 18.1 Å². The highest BCUT2D eigenvalue weighted by molar-refractivity contribution is 5.74. The van der Waals surface area contributed by atoms with Crippen molar-refractivity contribution in [2.24, 2.45) is 0 Å². The number of rotatable bonds is 3. The van der Waals surface area contributed by atoms with Gasteiger partial charge in [0.1, 0.15) is 0 Å². The Hall–Kier alpha value is -0.770. The molecular weight excluding hydrogens is 226 g/mol. The van der Waals surface area contributed by atoms with Crippen LogP contribution >= 0.6 is 0 Å². The molecule has 104 valence electrons. The molecule has 2 atom stereocenters. The molecule has 3 N–H and O–H groups in total. The van der Waals surface area contributed by atoms with Crippen molar-refractivity contribution in [3.05, 3.63) is 0 Å². The van der Waals surface area contributed by atoms with Gasteiger partial charge in [0.15, 0.2) is 0 Å². The van der Waals surface area contributed by atoms with Crippen LogP contribution < -0.4 is 16.0 Å². The van der Waals surface area contributed by atoms with Crippen molar-refractivity contribution in [1.29, 1.82) is 0 Å². The highest BCUT2D eigenvalue weighted by Gasteiger charge is 2.22. The Morgan fingerprint density at radius 3 is 2.50 bits per heavy atom. The highest BCUT2D eigenvalue weighted by Crippen LogP contribution is 2.17. The number of amides is 2. The molecule has 1 saturated carbocycles. The van der Waals surface area contributed by atoms with E-state index >= 15 is 0 Å². The molecule has 0 bridgehead atoms. The second kappa shape index (κ2) is 6.98. The number of piperidine rings is 1. The first kappa shape index (κ1) is 13.7. The molecule has 1 saturated heterocycles. The zero-order valence-electron chi connectivity index (χ0n) is 11.5. The van der Waals surface area contributed by atoms with Crippen LogP contribution in [0.15, 0.2) is 0 Å². The molecule has 2 aliphatic rings. The summed E-state index contributed by atoms with van der Waals surface area (Å²) in [5.74, 6) is 0. The summed E-state index contributed by atoms with van der Waals surface area (Å²) in [6.45, 7) is 3.18. The minimum atomic E-state index is 0.0155. The summed E-state index contributed by atoms with van der Waals surface area (Å²) in [6, 6.07) is 1.07. The standard InChI is InChI=1S/C14H27N3O/c1-11(13-9-5-6-10-15-13)16-14(18)17-12-7-3-2-4-8-12/h11-13,15H,2-10H2,1H3,(H2,16,17,18). The van der Waals surface area contributed by atoms with Gasteiger partial charge in [0.25, 0.3) is 0 Å². The van der Waals surface area contributed by atoms with Gasteiger partial charge in [-0.25, -0.2) is 4.79 Å². The topological polar surface area (TPSA) is 53.2 Å². The number of hydrogen-bond donors (Lipinski definition) is 3. The molecule has 4 heteroatoms. The normalized spacial score (nSPS) is 27.5. The summed E-state index contributed by atoms with van der Waals surface area (Å²) in [7, 11) is 0. The van der Waals surface area contributed by atoms with Gasteiger partial charge in [-0.05, 0) is 39.2 Å². The van der Waals surface area contributed by atoms with Crippen molar-refractivity contribution in [2.45, 2.75) is 76.4 Å². The predicted octanol–water partition coefficient (Wildman–Crippen LogP) is 2.15. The Balaban J connectivity index is 1.68. The van der Waals surface area contributed by atoms with Crippen molar-refractivity contribution < 1.29 is 4.79 Å². The third kappa shape index (κ3) is 4.16. The van der Waals surface area contributed by atoms with Crippen LogP contribution in [0.25, 0.3) is 0 Å². The lowest BCUT2D eigenvalue weighted by Crippen LogP contribution is -2.54. The van der Waals surface area contributed by atoms with Gasteiger partial charge >= 0.3 is 6.03 Å². The summed E-state index contributed by atoms with van der Waals surface area (Å²) in [5, 5.41) is 9.68. The lowest BCUT2D eigenvalue weighted by Gasteiger charge is -2.30. The maximum atomic E-state index is 11.9. The fourth-order valence-corrected chi connectivity index (χ4v) is 3.09. The van der Waals surface area contributed by atoms with Crippen LogP contribution in [0.3, 0.4) is 0 Å². The third-order valence-electron chi connectivity index (χ3n) is 4.25. The molecule has 18 heavy (non-hydrogen) atoms. The average molecular weight is 253 g/mol. The van der Waals surface area contributed by atoms with E-state index in [-0.39, 0.29) is 12.1 Å². The number of urea groups is 1. The van der Waals surface area contributed by atoms with Crippen LogP contribution in [0, 0.1) is 0 Å². The molecule has 0 radical (unpaired) electrons. The van der Waals surface area contributed by atoms with Crippen LogP contribution in [0.4, 0.5) is 4.79 Å². The fourth-order valence-electron chi connectivity index (χ4n) is 3.09. The summed E-state index contributed by atoms with van der Waals surface area (Å²) >= 11 is 0. The summed E-state index contributed by atoms with van der Waals surface area (Å²) in [4.78, 5) is 11.9. The van der Waals surface area contributed by atoms with Crippen molar-refractivity contribution in [1.82, 2.24) is 16.0 Å². The second-order valence-corrected chi connectivity index (χ2v) is 5.80. The third-order valence-corrected chi connectivity index (χ3v) is 4.25. The van der Waals surface area contributed by atoms with Crippen molar-refractivity contribution in [3.8, 4) is 0 Å². The van der Waals surface area contributed by atoms with E-state index in [2.05, 4.69) is 22.9 Å². The Labute approximate surface area is 110 Å². The van der Waals surface area contributed by atoms with Gasteiger partial charge in [-0.15, -0.1) is 0 Å². The lowest BCUT2D eigenvalue weighted by molar-refractivity contribution is 0.223. The quantitative estimate of drug-likeness (QED) is 0.722. The molecule has 1 aliphatic heterocycles. The van der Waals surface area contributed by atoms with E-state index in [0.717, 1.165) is 19.4 Å². The molecule has 0 spiro atoms. The van der Waals surface area contributed by atoms with Crippen molar-refractivity contribution in [3.63, 3.8) is 0 Å². The second-order valence-electron chi connectivity index (χ2n) is 5.80. The van der Waals surface area contributed by atoms with Crippen LogP contribution in [0.2, 0.25) is 0 Å². The van der Waals surface area contributed by atoms with Crippen molar-refractivity contribution in [2.75, 3.05) is 6.54 Å². The Bertz CT molecular complexity index is 258. The first-order valence-electron chi connectivity index (χ1n) is 7.56. The predicted molar refractivity (Wildman–Crippen MR) is 73.6 cm³/mol. The Morgan fingerprint density at radius 2 is 1.83 bits per heavy atom. The van der Waals surface area contributed by atoms with Crippen LogP contribution in [0.1, 0.15) is 58.3 Å². The molecule has 0 aromatic carbocycles. The van der Waals surface area contributed by atoms with Crippen LogP contribution in [-0.4, -0.2) is 30.7 Å². The zero-order chi connectivity index (χ0) is 12.8. The molecule has 2 rings (SSSR count). The first-order chi connectivity index (χ1) is 8.75. The van der Waals surface area contributed by atoms with E-state index in [9.17, 15) is 4.79 Å². The van der Waals surface area contributed by atoms with E-state index in [1.165, 1.54) is 38.5 Å². The minimum absolute atomic E-state index is 0.0155. The number of carbonyl (C=O) groups is 1. The maximum absolute atomic E-state index is 11.9. The summed E-state index contributed by atoms with van der Waals surface area (Å²) < 4.78 is 0. The SMILES string of the molecule is CC(NC(=O)NC1CCCCC1)C1CCCCN1. The maximum Gasteiger partial charge on any atom is 0.315 e. The summed E-state index contributed by atoms with van der Waals surface area (Å²) in [5.41, 5.74) is 0. The molecule has 1 heterocycles. The highest BCUT2D eigenvalue weighted by atomic mass is 16.2. The Morgan fingerprint density at radius 1 is 1.11 bits per heavy atom.